The highest BCUT2D eigenvalue weighted by Gasteiger charge is 2.30. The second-order valence-electron chi connectivity index (χ2n) is 6.11. The van der Waals surface area contributed by atoms with E-state index in [-0.39, 0.29) is 17.8 Å². The molecule has 1 aromatic rings. The molecular formula is C20H29NO2. The van der Waals surface area contributed by atoms with Crippen LogP contribution in [0, 0.1) is 5.92 Å². The second kappa shape index (κ2) is 9.51. The van der Waals surface area contributed by atoms with Gasteiger partial charge in [-0.15, -0.1) is 0 Å². The first-order chi connectivity index (χ1) is 11.3. The summed E-state index contributed by atoms with van der Waals surface area (Å²) in [5, 5.41) is 0. The van der Waals surface area contributed by atoms with Crippen LogP contribution in [-0.2, 0) is 9.53 Å². The summed E-state index contributed by atoms with van der Waals surface area (Å²) in [6.07, 6.45) is 7.73. The van der Waals surface area contributed by atoms with E-state index in [1.807, 2.05) is 30.3 Å². The van der Waals surface area contributed by atoms with Gasteiger partial charge in [-0.25, -0.2) is 0 Å². The highest BCUT2D eigenvalue weighted by molar-refractivity contribution is 5.79. The highest BCUT2D eigenvalue weighted by Crippen LogP contribution is 2.33. The van der Waals surface area contributed by atoms with Gasteiger partial charge in [0.1, 0.15) is 6.61 Å². The first kappa shape index (κ1) is 17.7. The van der Waals surface area contributed by atoms with E-state index in [4.69, 9.17) is 4.74 Å². The Hall–Kier alpha value is -1.61. The molecule has 2 atom stereocenters. The topological polar surface area (TPSA) is 29.5 Å². The largest absolute Gasteiger partial charge is 0.464 e. The summed E-state index contributed by atoms with van der Waals surface area (Å²) in [5.74, 6) is -0.00328. The number of carbonyl (C=O) groups excluding carboxylic acids is 1. The number of benzene rings is 1. The maximum Gasteiger partial charge on any atom is 0.314 e. The fourth-order valence-corrected chi connectivity index (χ4v) is 3.24. The monoisotopic (exact) mass is 315 g/mol. The molecule has 3 nitrogen and oxygen atoms in total. The molecule has 0 saturated heterocycles. The molecule has 0 heterocycles. The van der Waals surface area contributed by atoms with E-state index in [2.05, 4.69) is 30.9 Å². The van der Waals surface area contributed by atoms with Gasteiger partial charge in [0.2, 0.25) is 0 Å². The van der Waals surface area contributed by atoms with E-state index in [9.17, 15) is 4.79 Å². The molecule has 0 aromatic heterocycles. The second-order valence-corrected chi connectivity index (χ2v) is 6.11. The molecule has 1 aliphatic carbocycles. The van der Waals surface area contributed by atoms with E-state index in [0.29, 0.717) is 6.61 Å². The third-order valence-electron chi connectivity index (χ3n) is 4.68. The van der Waals surface area contributed by atoms with Gasteiger partial charge in [0.05, 0.1) is 5.92 Å². The summed E-state index contributed by atoms with van der Waals surface area (Å²) in [6, 6.07) is 10.1. The van der Waals surface area contributed by atoms with Crippen LogP contribution in [0.1, 0.15) is 44.6 Å². The van der Waals surface area contributed by atoms with Crippen molar-refractivity contribution in [1.82, 2.24) is 4.90 Å². The minimum Gasteiger partial charge on any atom is -0.464 e. The molecule has 1 aromatic carbocycles. The molecule has 0 aliphatic heterocycles. The van der Waals surface area contributed by atoms with Crippen molar-refractivity contribution in [2.45, 2.75) is 39.0 Å². The molecule has 0 radical (unpaired) electrons. The van der Waals surface area contributed by atoms with Crippen molar-refractivity contribution in [1.29, 1.82) is 0 Å². The zero-order valence-electron chi connectivity index (χ0n) is 14.4. The Morgan fingerprint density at radius 2 is 2.00 bits per heavy atom. The predicted octanol–water partition coefficient (Wildman–Crippen LogP) is 4.01. The maximum atomic E-state index is 12.7. The molecule has 0 bridgehead atoms. The van der Waals surface area contributed by atoms with Gasteiger partial charge in [0, 0.05) is 6.54 Å². The van der Waals surface area contributed by atoms with Crippen LogP contribution in [-0.4, -0.2) is 37.1 Å². The van der Waals surface area contributed by atoms with Crippen molar-refractivity contribution in [2.24, 2.45) is 5.92 Å². The van der Waals surface area contributed by atoms with Gasteiger partial charge >= 0.3 is 5.97 Å². The van der Waals surface area contributed by atoms with E-state index < -0.39 is 0 Å². The molecule has 0 spiro atoms. The molecule has 0 unspecified atom stereocenters. The Labute approximate surface area is 140 Å². The van der Waals surface area contributed by atoms with Crippen molar-refractivity contribution in [3.8, 4) is 0 Å². The zero-order chi connectivity index (χ0) is 16.5. The van der Waals surface area contributed by atoms with Crippen LogP contribution in [0.15, 0.2) is 42.5 Å². The first-order valence-electron chi connectivity index (χ1n) is 8.86. The number of esters is 1. The number of nitrogens with zero attached hydrogens (tertiary/aromatic N) is 1. The zero-order valence-corrected chi connectivity index (χ0v) is 14.4. The van der Waals surface area contributed by atoms with Crippen molar-refractivity contribution >= 4 is 5.97 Å². The van der Waals surface area contributed by atoms with Crippen molar-refractivity contribution < 1.29 is 9.53 Å². The van der Waals surface area contributed by atoms with E-state index in [1.165, 1.54) is 0 Å². The average Bonchev–Trinajstić information content (AvgIpc) is 2.61. The average molecular weight is 315 g/mol. The quantitative estimate of drug-likeness (QED) is 0.536. The number of carbonyl (C=O) groups is 1. The van der Waals surface area contributed by atoms with Crippen LogP contribution in [0.25, 0.3) is 0 Å². The molecule has 0 saturated carbocycles. The van der Waals surface area contributed by atoms with Crippen LogP contribution >= 0.6 is 0 Å². The van der Waals surface area contributed by atoms with Crippen molar-refractivity contribution in [3.63, 3.8) is 0 Å². The summed E-state index contributed by atoms with van der Waals surface area (Å²) in [7, 11) is 0. The molecular weight excluding hydrogens is 286 g/mol. The van der Waals surface area contributed by atoms with Gasteiger partial charge in [-0.1, -0.05) is 56.3 Å². The summed E-state index contributed by atoms with van der Waals surface area (Å²) in [6.45, 7) is 7.51. The van der Waals surface area contributed by atoms with Crippen LogP contribution < -0.4 is 0 Å². The standard InChI is InChI=1S/C20H29NO2/c1-3-21(4-2)15-16-23-20(22)19(17-11-7-5-8-12-17)18-13-9-6-10-14-18/h5,7-9,11-13,18-19H,3-4,6,10,14-16H2,1-2H3/t18-,19+/m0/s1. The molecule has 3 heteroatoms. The van der Waals surface area contributed by atoms with Crippen LogP contribution in [0.2, 0.25) is 0 Å². The summed E-state index contributed by atoms with van der Waals surface area (Å²) in [4.78, 5) is 15.0. The van der Waals surface area contributed by atoms with Crippen molar-refractivity contribution in [2.75, 3.05) is 26.2 Å². The van der Waals surface area contributed by atoms with Crippen LogP contribution in [0.4, 0.5) is 0 Å². The summed E-state index contributed by atoms with van der Waals surface area (Å²) < 4.78 is 5.63. The summed E-state index contributed by atoms with van der Waals surface area (Å²) in [5.41, 5.74) is 1.07. The Bertz CT molecular complexity index is 494. The van der Waals surface area contributed by atoms with Gasteiger partial charge in [-0.2, -0.15) is 0 Å². The van der Waals surface area contributed by atoms with Crippen LogP contribution in [0.5, 0.6) is 0 Å². The van der Waals surface area contributed by atoms with E-state index in [0.717, 1.165) is 44.5 Å². The molecule has 0 amide bonds. The lowest BCUT2D eigenvalue weighted by atomic mass is 9.80. The number of hydrogen-bond donors (Lipinski definition) is 0. The van der Waals surface area contributed by atoms with Crippen molar-refractivity contribution in [3.05, 3.63) is 48.0 Å². The Morgan fingerprint density at radius 3 is 2.61 bits per heavy atom. The van der Waals surface area contributed by atoms with Gasteiger partial charge < -0.3 is 9.64 Å². The normalized spacial score (nSPS) is 18.8. The Morgan fingerprint density at radius 1 is 1.26 bits per heavy atom. The number of hydrogen-bond acceptors (Lipinski definition) is 3. The van der Waals surface area contributed by atoms with Gasteiger partial charge in [0.15, 0.2) is 0 Å². The van der Waals surface area contributed by atoms with E-state index >= 15 is 0 Å². The highest BCUT2D eigenvalue weighted by atomic mass is 16.5. The lowest BCUT2D eigenvalue weighted by Gasteiger charge is -2.26. The molecule has 0 fully saturated rings. The minimum atomic E-state index is -0.176. The SMILES string of the molecule is CCN(CC)CCOC(=O)[C@H](c1ccccc1)[C@H]1C=CCCC1. The maximum absolute atomic E-state index is 12.7. The minimum absolute atomic E-state index is 0.0834. The number of likely N-dealkylation sites (N-methyl/N-ethyl adjacent to an activating group) is 1. The van der Waals surface area contributed by atoms with Crippen LogP contribution in [0.3, 0.4) is 0 Å². The van der Waals surface area contributed by atoms with E-state index in [1.54, 1.807) is 0 Å². The van der Waals surface area contributed by atoms with Gasteiger partial charge in [-0.05, 0) is 43.8 Å². The molecule has 23 heavy (non-hydrogen) atoms. The molecule has 1 aliphatic rings. The molecule has 0 N–H and O–H groups in total. The number of rotatable bonds is 8. The fraction of sp³-hybridized carbons (Fsp3) is 0.550. The Balaban J connectivity index is 2.03. The third-order valence-corrected chi connectivity index (χ3v) is 4.68. The summed E-state index contributed by atoms with van der Waals surface area (Å²) >= 11 is 0. The predicted molar refractivity (Wildman–Crippen MR) is 94.4 cm³/mol. The smallest absolute Gasteiger partial charge is 0.314 e. The molecule has 126 valence electrons. The first-order valence-corrected chi connectivity index (χ1v) is 8.86. The van der Waals surface area contributed by atoms with Gasteiger partial charge in [-0.3, -0.25) is 4.79 Å². The third kappa shape index (κ3) is 5.21. The lowest BCUT2D eigenvalue weighted by molar-refractivity contribution is -0.147. The fourth-order valence-electron chi connectivity index (χ4n) is 3.24. The molecule has 2 rings (SSSR count). The van der Waals surface area contributed by atoms with Gasteiger partial charge in [0.25, 0.3) is 0 Å². The number of allylic oxidation sites excluding steroid dienone is 2. The lowest BCUT2D eigenvalue weighted by Crippen LogP contribution is -2.30. The Kier molecular flexibility index (Phi) is 7.34. The number of ether oxygens (including phenoxy) is 1.